The maximum Gasteiger partial charge on any atom is 0.242 e. The topological polar surface area (TPSA) is 95.6 Å². The molecule has 0 bridgehead atoms. The molecule has 1 unspecified atom stereocenters. The molecule has 1 saturated heterocycles. The average molecular weight is 381 g/mol. The van der Waals surface area contributed by atoms with Gasteiger partial charge in [-0.2, -0.15) is 0 Å². The van der Waals surface area contributed by atoms with Gasteiger partial charge in [0, 0.05) is 25.6 Å². The van der Waals surface area contributed by atoms with Gasteiger partial charge in [0.15, 0.2) is 0 Å². The Balaban J connectivity index is 1.83. The molecule has 0 radical (unpaired) electrons. The van der Waals surface area contributed by atoms with Crippen molar-refractivity contribution in [3.8, 4) is 0 Å². The van der Waals surface area contributed by atoms with E-state index in [2.05, 4.69) is 10.0 Å². The lowest BCUT2D eigenvalue weighted by Gasteiger charge is -2.25. The summed E-state index contributed by atoms with van der Waals surface area (Å²) in [5.74, 6) is -0.404. The molecule has 1 fully saturated rings. The molecule has 144 valence electrons. The highest BCUT2D eigenvalue weighted by Gasteiger charge is 2.34. The Hall–Kier alpha value is -1.93. The van der Waals surface area contributed by atoms with Gasteiger partial charge in [0.2, 0.25) is 21.8 Å². The second-order valence-electron chi connectivity index (χ2n) is 6.85. The van der Waals surface area contributed by atoms with Gasteiger partial charge in [-0.15, -0.1) is 0 Å². The van der Waals surface area contributed by atoms with Gasteiger partial charge in [-0.1, -0.05) is 31.5 Å². The van der Waals surface area contributed by atoms with Crippen LogP contribution in [0.4, 0.5) is 0 Å². The molecule has 1 aromatic carbocycles. The highest BCUT2D eigenvalue weighted by molar-refractivity contribution is 7.89. The van der Waals surface area contributed by atoms with Crippen molar-refractivity contribution in [3.63, 3.8) is 0 Å². The zero-order valence-corrected chi connectivity index (χ0v) is 16.3. The quantitative estimate of drug-likeness (QED) is 0.690. The number of hydrogen-bond acceptors (Lipinski definition) is 4. The zero-order chi connectivity index (χ0) is 19.3. The molecular weight excluding hydrogens is 354 g/mol. The lowest BCUT2D eigenvalue weighted by molar-refractivity contribution is -0.140. The van der Waals surface area contributed by atoms with Crippen LogP contribution in [0.1, 0.15) is 32.3 Å². The summed E-state index contributed by atoms with van der Waals surface area (Å²) in [6.07, 6.45) is 1.44. The number of benzene rings is 1. The van der Waals surface area contributed by atoms with Crippen LogP contribution in [0, 0.1) is 12.8 Å². The van der Waals surface area contributed by atoms with Gasteiger partial charge in [0.25, 0.3) is 0 Å². The van der Waals surface area contributed by atoms with E-state index in [1.165, 1.54) is 0 Å². The number of aryl methyl sites for hydroxylation is 1. The van der Waals surface area contributed by atoms with Crippen LogP contribution < -0.4 is 10.0 Å². The van der Waals surface area contributed by atoms with E-state index in [1.807, 2.05) is 20.8 Å². The standard InChI is InChI=1S/C18H27N3O4S/c1-13(2)18(23)21-12-4-5-16(21)17(22)19-10-11-20-26(24,25)15-8-6-14(3)7-9-15/h6-9,13,16,20H,4-5,10-12H2,1-3H3,(H,19,22). The number of nitrogens with one attached hydrogen (secondary N) is 2. The normalized spacial score (nSPS) is 17.5. The van der Waals surface area contributed by atoms with Gasteiger partial charge in [-0.3, -0.25) is 9.59 Å². The first-order valence-corrected chi connectivity index (χ1v) is 10.3. The molecule has 1 aliphatic heterocycles. The molecule has 8 heteroatoms. The molecule has 1 atom stereocenters. The summed E-state index contributed by atoms with van der Waals surface area (Å²) in [4.78, 5) is 26.3. The Morgan fingerprint density at radius 2 is 1.85 bits per heavy atom. The molecular formula is C18H27N3O4S. The summed E-state index contributed by atoms with van der Waals surface area (Å²) >= 11 is 0. The molecule has 0 aromatic heterocycles. The third-order valence-electron chi connectivity index (χ3n) is 4.38. The zero-order valence-electron chi connectivity index (χ0n) is 15.5. The second kappa shape index (κ2) is 8.64. The van der Waals surface area contributed by atoms with Crippen LogP contribution in [0.3, 0.4) is 0 Å². The van der Waals surface area contributed by atoms with Crippen molar-refractivity contribution in [2.45, 2.75) is 44.6 Å². The van der Waals surface area contributed by atoms with Crippen LogP contribution in [0.15, 0.2) is 29.2 Å². The van der Waals surface area contributed by atoms with E-state index in [0.29, 0.717) is 13.0 Å². The number of carbonyl (C=O) groups excluding carboxylic acids is 2. The van der Waals surface area contributed by atoms with E-state index in [4.69, 9.17) is 0 Å². The van der Waals surface area contributed by atoms with Gasteiger partial charge < -0.3 is 10.2 Å². The van der Waals surface area contributed by atoms with Crippen molar-refractivity contribution in [2.24, 2.45) is 5.92 Å². The monoisotopic (exact) mass is 381 g/mol. The van der Waals surface area contributed by atoms with Gasteiger partial charge in [0.05, 0.1) is 4.90 Å². The van der Waals surface area contributed by atoms with Crippen molar-refractivity contribution in [3.05, 3.63) is 29.8 Å². The summed E-state index contributed by atoms with van der Waals surface area (Å²) < 4.78 is 26.8. The summed E-state index contributed by atoms with van der Waals surface area (Å²) in [6.45, 7) is 6.37. The van der Waals surface area contributed by atoms with Gasteiger partial charge in [-0.05, 0) is 31.9 Å². The van der Waals surface area contributed by atoms with Crippen molar-refractivity contribution >= 4 is 21.8 Å². The summed E-state index contributed by atoms with van der Waals surface area (Å²) in [5, 5.41) is 2.72. The first-order valence-electron chi connectivity index (χ1n) is 8.87. The predicted octanol–water partition coefficient (Wildman–Crippen LogP) is 1.04. The minimum absolute atomic E-state index is 0.0253. The van der Waals surface area contributed by atoms with Crippen LogP contribution >= 0.6 is 0 Å². The molecule has 1 aliphatic rings. The molecule has 1 aromatic rings. The largest absolute Gasteiger partial charge is 0.353 e. The Bertz CT molecular complexity index is 744. The van der Waals surface area contributed by atoms with Crippen LogP contribution in [-0.2, 0) is 19.6 Å². The number of carbonyl (C=O) groups is 2. The molecule has 7 nitrogen and oxygen atoms in total. The molecule has 26 heavy (non-hydrogen) atoms. The fraction of sp³-hybridized carbons (Fsp3) is 0.556. The van der Waals surface area contributed by atoms with E-state index in [0.717, 1.165) is 12.0 Å². The Labute approximate surface area is 155 Å². The number of likely N-dealkylation sites (tertiary alicyclic amines) is 1. The summed E-state index contributed by atoms with van der Waals surface area (Å²) in [7, 11) is -3.60. The first kappa shape index (κ1) is 20.4. The third-order valence-corrected chi connectivity index (χ3v) is 5.86. The minimum Gasteiger partial charge on any atom is -0.353 e. The molecule has 0 spiro atoms. The smallest absolute Gasteiger partial charge is 0.242 e. The van der Waals surface area contributed by atoms with Gasteiger partial charge in [0.1, 0.15) is 6.04 Å². The Kier molecular flexibility index (Phi) is 6.77. The third kappa shape index (κ3) is 5.04. The maximum absolute atomic E-state index is 12.3. The summed E-state index contributed by atoms with van der Waals surface area (Å²) in [6, 6.07) is 6.10. The Morgan fingerprint density at radius 3 is 2.46 bits per heavy atom. The molecule has 2 N–H and O–H groups in total. The molecule has 2 amide bonds. The number of sulfonamides is 1. The van der Waals surface area contributed by atoms with E-state index < -0.39 is 16.1 Å². The van der Waals surface area contributed by atoms with E-state index in [-0.39, 0.29) is 35.7 Å². The SMILES string of the molecule is Cc1ccc(S(=O)(=O)NCCNC(=O)C2CCCN2C(=O)C(C)C)cc1. The van der Waals surface area contributed by atoms with Crippen LogP contribution in [-0.4, -0.2) is 50.8 Å². The van der Waals surface area contributed by atoms with Crippen LogP contribution in [0.5, 0.6) is 0 Å². The second-order valence-corrected chi connectivity index (χ2v) is 8.61. The van der Waals surface area contributed by atoms with E-state index in [9.17, 15) is 18.0 Å². The van der Waals surface area contributed by atoms with Gasteiger partial charge in [-0.25, -0.2) is 13.1 Å². The number of rotatable bonds is 7. The lowest BCUT2D eigenvalue weighted by Crippen LogP contribution is -2.48. The Morgan fingerprint density at radius 1 is 1.19 bits per heavy atom. The van der Waals surface area contributed by atoms with Crippen molar-refractivity contribution in [1.82, 2.24) is 14.9 Å². The van der Waals surface area contributed by atoms with E-state index >= 15 is 0 Å². The molecule has 0 aliphatic carbocycles. The fourth-order valence-electron chi connectivity index (χ4n) is 2.92. The van der Waals surface area contributed by atoms with Crippen LogP contribution in [0.25, 0.3) is 0 Å². The molecule has 0 saturated carbocycles. The van der Waals surface area contributed by atoms with Crippen LogP contribution in [0.2, 0.25) is 0 Å². The highest BCUT2D eigenvalue weighted by Crippen LogP contribution is 2.19. The molecule has 2 rings (SSSR count). The molecule has 1 heterocycles. The lowest BCUT2D eigenvalue weighted by atomic mass is 10.1. The van der Waals surface area contributed by atoms with Crippen molar-refractivity contribution in [2.75, 3.05) is 19.6 Å². The number of nitrogens with zero attached hydrogens (tertiary/aromatic N) is 1. The number of amides is 2. The van der Waals surface area contributed by atoms with E-state index in [1.54, 1.807) is 29.2 Å². The van der Waals surface area contributed by atoms with Crippen molar-refractivity contribution < 1.29 is 18.0 Å². The summed E-state index contributed by atoms with van der Waals surface area (Å²) in [5.41, 5.74) is 0.980. The highest BCUT2D eigenvalue weighted by atomic mass is 32.2. The maximum atomic E-state index is 12.3. The predicted molar refractivity (Wildman–Crippen MR) is 99.0 cm³/mol. The first-order chi connectivity index (χ1) is 12.2. The average Bonchev–Trinajstić information content (AvgIpc) is 3.07. The van der Waals surface area contributed by atoms with Gasteiger partial charge >= 0.3 is 0 Å². The van der Waals surface area contributed by atoms with Crippen molar-refractivity contribution in [1.29, 1.82) is 0 Å². The minimum atomic E-state index is -3.60. The number of hydrogen-bond donors (Lipinski definition) is 2. The fourth-order valence-corrected chi connectivity index (χ4v) is 3.96.